The molecule has 0 bridgehead atoms. The van der Waals surface area contributed by atoms with Gasteiger partial charge in [-0.1, -0.05) is 59.3 Å². The molecular formula is C24H24N2OS. The van der Waals surface area contributed by atoms with Gasteiger partial charge in [0, 0.05) is 17.7 Å². The van der Waals surface area contributed by atoms with Gasteiger partial charge in [0.2, 0.25) is 5.91 Å². The maximum Gasteiger partial charge on any atom is 0.230 e. The lowest BCUT2D eigenvalue weighted by molar-refractivity contribution is -0.128. The van der Waals surface area contributed by atoms with E-state index in [1.54, 1.807) is 11.8 Å². The van der Waals surface area contributed by atoms with Gasteiger partial charge in [-0.2, -0.15) is 0 Å². The molecule has 3 aliphatic rings. The first-order valence-electron chi connectivity index (χ1n) is 10.0. The Labute approximate surface area is 170 Å². The number of carbonyl (C=O) groups is 1. The highest BCUT2D eigenvalue weighted by Crippen LogP contribution is 2.46. The molecule has 1 fully saturated rings. The maximum absolute atomic E-state index is 12.9. The molecule has 0 saturated carbocycles. The number of aliphatic imine (C=N–C) groups is 1. The minimum atomic E-state index is -0.0325. The Balaban J connectivity index is 1.75. The van der Waals surface area contributed by atoms with Crippen LogP contribution in [0.4, 0.5) is 0 Å². The molecule has 1 atom stereocenters. The van der Waals surface area contributed by atoms with Crippen LogP contribution in [-0.2, 0) is 11.2 Å². The van der Waals surface area contributed by atoms with Crippen LogP contribution in [0.2, 0.25) is 0 Å². The molecular weight excluding hydrogens is 364 g/mol. The van der Waals surface area contributed by atoms with E-state index in [1.807, 2.05) is 4.90 Å². The van der Waals surface area contributed by atoms with Crippen molar-refractivity contribution in [3.05, 3.63) is 75.9 Å². The topological polar surface area (TPSA) is 32.7 Å². The van der Waals surface area contributed by atoms with Crippen LogP contribution < -0.4 is 0 Å². The number of nitrogens with zero attached hydrogens (tertiary/aromatic N) is 2. The van der Waals surface area contributed by atoms with Crippen LogP contribution in [0.1, 0.15) is 53.1 Å². The lowest BCUT2D eigenvalue weighted by atomic mass is 9.89. The highest BCUT2D eigenvalue weighted by molar-refractivity contribution is 8.14. The van der Waals surface area contributed by atoms with Crippen LogP contribution in [0, 0.1) is 13.8 Å². The summed E-state index contributed by atoms with van der Waals surface area (Å²) in [5, 5.41) is 0.870. The van der Waals surface area contributed by atoms with E-state index in [0.29, 0.717) is 6.42 Å². The van der Waals surface area contributed by atoms with Crippen LogP contribution in [0.25, 0.3) is 5.70 Å². The number of hydrogen-bond donors (Lipinski definition) is 0. The normalized spacial score (nSPS) is 21.5. The van der Waals surface area contributed by atoms with Crippen LogP contribution >= 0.6 is 11.8 Å². The largest absolute Gasteiger partial charge is 0.280 e. The Hall–Kier alpha value is -2.33. The van der Waals surface area contributed by atoms with Gasteiger partial charge in [0.1, 0.15) is 0 Å². The first-order chi connectivity index (χ1) is 13.6. The molecule has 1 aliphatic carbocycles. The molecule has 5 rings (SSSR count). The molecule has 0 N–H and O–H groups in total. The molecule has 0 radical (unpaired) electrons. The second-order valence-electron chi connectivity index (χ2n) is 7.96. The number of carbonyl (C=O) groups excluding carboxylic acids is 1. The smallest absolute Gasteiger partial charge is 0.230 e. The molecule has 2 aromatic carbocycles. The number of aryl methyl sites for hydroxylation is 3. The Morgan fingerprint density at radius 1 is 1.00 bits per heavy atom. The Bertz CT molecular complexity index is 1020. The van der Waals surface area contributed by atoms with Crippen molar-refractivity contribution < 1.29 is 4.79 Å². The number of hydrogen-bond acceptors (Lipinski definition) is 3. The summed E-state index contributed by atoms with van der Waals surface area (Å²) in [4.78, 5) is 20.0. The number of thioether (sulfide) groups is 1. The van der Waals surface area contributed by atoms with Gasteiger partial charge in [-0.05, 0) is 55.9 Å². The minimum absolute atomic E-state index is 0.0325. The minimum Gasteiger partial charge on any atom is -0.280 e. The zero-order valence-electron chi connectivity index (χ0n) is 16.4. The van der Waals surface area contributed by atoms with Crippen molar-refractivity contribution in [3.8, 4) is 0 Å². The molecule has 0 aromatic heterocycles. The highest BCUT2D eigenvalue weighted by atomic mass is 32.2. The number of fused-ring (bicyclic) bond motifs is 3. The molecule has 3 nitrogen and oxygen atoms in total. The van der Waals surface area contributed by atoms with Gasteiger partial charge in [0.25, 0.3) is 0 Å². The summed E-state index contributed by atoms with van der Waals surface area (Å²) in [6, 6.07) is 15.4. The van der Waals surface area contributed by atoms with Crippen molar-refractivity contribution in [2.45, 2.75) is 45.6 Å². The van der Waals surface area contributed by atoms with Crippen molar-refractivity contribution in [2.75, 3.05) is 5.75 Å². The van der Waals surface area contributed by atoms with Gasteiger partial charge in [-0.25, -0.2) is 4.99 Å². The predicted octanol–water partition coefficient (Wildman–Crippen LogP) is 5.43. The van der Waals surface area contributed by atoms with Crippen LogP contribution in [0.15, 0.2) is 53.0 Å². The van der Waals surface area contributed by atoms with Crippen molar-refractivity contribution in [2.24, 2.45) is 4.99 Å². The molecule has 142 valence electrons. The van der Waals surface area contributed by atoms with Gasteiger partial charge in [-0.3, -0.25) is 9.69 Å². The standard InChI is InChI=1S/C24H24N2OS/c1-15-6-10-18(11-7-15)23-19-5-3-4-17-9-8-16(2)14-20(17)22(19)25-24-26(23)21(27)12-13-28-24/h6-11,14,23H,3-5,12-13H2,1-2H3. The van der Waals surface area contributed by atoms with E-state index in [2.05, 4.69) is 56.3 Å². The lowest BCUT2D eigenvalue weighted by Gasteiger charge is -2.40. The molecule has 28 heavy (non-hydrogen) atoms. The van der Waals surface area contributed by atoms with Crippen molar-refractivity contribution in [1.82, 2.24) is 4.90 Å². The number of amides is 1. The van der Waals surface area contributed by atoms with Crippen LogP contribution in [-0.4, -0.2) is 21.7 Å². The summed E-state index contributed by atoms with van der Waals surface area (Å²) in [6.45, 7) is 4.25. The Kier molecular flexibility index (Phi) is 4.39. The SMILES string of the molecule is Cc1ccc(C2C3=C(N=C4SCCC(=O)N42)c2cc(C)ccc2CCC3)cc1. The second kappa shape index (κ2) is 6.93. The fourth-order valence-corrected chi connectivity index (χ4v) is 5.47. The predicted molar refractivity (Wildman–Crippen MR) is 116 cm³/mol. The Morgan fingerprint density at radius 2 is 1.79 bits per heavy atom. The van der Waals surface area contributed by atoms with E-state index in [1.165, 1.54) is 33.4 Å². The van der Waals surface area contributed by atoms with Gasteiger partial charge in [0.05, 0.1) is 11.7 Å². The molecule has 4 heteroatoms. The molecule has 2 aliphatic heterocycles. The monoisotopic (exact) mass is 388 g/mol. The average Bonchev–Trinajstić information content (AvgIpc) is 2.87. The quantitative estimate of drug-likeness (QED) is 0.653. The first-order valence-corrected chi connectivity index (χ1v) is 11.0. The fourth-order valence-electron chi connectivity index (χ4n) is 4.51. The summed E-state index contributed by atoms with van der Waals surface area (Å²) < 4.78 is 0. The molecule has 1 amide bonds. The van der Waals surface area contributed by atoms with E-state index < -0.39 is 0 Å². The van der Waals surface area contributed by atoms with Crippen molar-refractivity contribution >= 4 is 28.5 Å². The summed E-state index contributed by atoms with van der Waals surface area (Å²) >= 11 is 1.71. The van der Waals surface area contributed by atoms with Crippen molar-refractivity contribution in [3.63, 3.8) is 0 Å². The van der Waals surface area contributed by atoms with Crippen LogP contribution in [0.5, 0.6) is 0 Å². The highest BCUT2D eigenvalue weighted by Gasteiger charge is 2.40. The third-order valence-corrected chi connectivity index (χ3v) is 6.88. The number of rotatable bonds is 1. The number of amidine groups is 1. The fraction of sp³-hybridized carbons (Fsp3) is 0.333. The van der Waals surface area contributed by atoms with Crippen molar-refractivity contribution in [1.29, 1.82) is 0 Å². The molecule has 2 aromatic rings. The van der Waals surface area contributed by atoms with Gasteiger partial charge in [0.15, 0.2) is 5.17 Å². The Morgan fingerprint density at radius 3 is 2.61 bits per heavy atom. The van der Waals surface area contributed by atoms with Gasteiger partial charge in [-0.15, -0.1) is 0 Å². The zero-order chi connectivity index (χ0) is 19.3. The summed E-state index contributed by atoms with van der Waals surface area (Å²) in [6.07, 6.45) is 3.73. The van der Waals surface area contributed by atoms with E-state index >= 15 is 0 Å². The van der Waals surface area contributed by atoms with Gasteiger partial charge < -0.3 is 0 Å². The molecule has 2 heterocycles. The molecule has 1 saturated heterocycles. The molecule has 0 spiro atoms. The first kappa shape index (κ1) is 17.7. The van der Waals surface area contributed by atoms with Crippen LogP contribution in [0.3, 0.4) is 0 Å². The average molecular weight is 389 g/mol. The third-order valence-electron chi connectivity index (χ3n) is 5.93. The van der Waals surface area contributed by atoms with E-state index in [4.69, 9.17) is 4.99 Å². The summed E-state index contributed by atoms with van der Waals surface area (Å²) in [5.74, 6) is 1.02. The van der Waals surface area contributed by atoms with E-state index in [-0.39, 0.29) is 11.9 Å². The molecule has 1 unspecified atom stereocenters. The second-order valence-corrected chi connectivity index (χ2v) is 9.02. The third kappa shape index (κ3) is 2.91. The van der Waals surface area contributed by atoms with Gasteiger partial charge >= 0.3 is 0 Å². The lowest BCUT2D eigenvalue weighted by Crippen LogP contribution is -2.44. The zero-order valence-corrected chi connectivity index (χ0v) is 17.2. The maximum atomic E-state index is 12.9. The summed E-state index contributed by atoms with van der Waals surface area (Å²) in [7, 11) is 0. The van der Waals surface area contributed by atoms with E-state index in [0.717, 1.165) is 35.9 Å². The number of benzene rings is 2. The van der Waals surface area contributed by atoms with E-state index in [9.17, 15) is 4.79 Å². The summed E-state index contributed by atoms with van der Waals surface area (Å²) in [5.41, 5.74) is 8.73.